The number of hydrogen-bond acceptors (Lipinski definition) is 6. The smallest absolute Gasteiger partial charge is 0.229 e. The molecule has 1 aromatic carbocycles. The Balaban J connectivity index is 1.37. The second-order valence-electron chi connectivity index (χ2n) is 7.71. The number of amides is 1. The van der Waals surface area contributed by atoms with Crippen LogP contribution in [0.4, 0.5) is 17.2 Å². The topological polar surface area (TPSA) is 79.2 Å². The van der Waals surface area contributed by atoms with Crippen LogP contribution in [0.15, 0.2) is 55.1 Å². The Morgan fingerprint density at radius 3 is 2.48 bits per heavy atom. The van der Waals surface area contributed by atoms with Crippen LogP contribution in [0.25, 0.3) is 5.82 Å². The summed E-state index contributed by atoms with van der Waals surface area (Å²) in [6.45, 7) is 7.73. The first-order chi connectivity index (χ1) is 15.2. The molecule has 8 nitrogen and oxygen atoms in total. The summed E-state index contributed by atoms with van der Waals surface area (Å²) >= 11 is 0. The first-order valence-electron chi connectivity index (χ1n) is 10.9. The highest BCUT2D eigenvalue weighted by Crippen LogP contribution is 2.24. The van der Waals surface area contributed by atoms with Crippen molar-refractivity contribution in [3.05, 3.63) is 55.1 Å². The van der Waals surface area contributed by atoms with Gasteiger partial charge < -0.3 is 15.1 Å². The predicted molar refractivity (Wildman–Crippen MR) is 123 cm³/mol. The SMILES string of the molecule is CCN(CC)c1ccc(NC(=O)C2CCCN(c3ccc(-n4ccnc4)nn3)C2)cc1. The van der Waals surface area contributed by atoms with E-state index in [1.165, 1.54) is 5.69 Å². The summed E-state index contributed by atoms with van der Waals surface area (Å²) in [4.78, 5) is 21.3. The molecule has 1 amide bonds. The van der Waals surface area contributed by atoms with E-state index in [-0.39, 0.29) is 11.8 Å². The summed E-state index contributed by atoms with van der Waals surface area (Å²) < 4.78 is 1.81. The van der Waals surface area contributed by atoms with Crippen LogP contribution in [-0.2, 0) is 4.79 Å². The minimum atomic E-state index is -0.0775. The lowest BCUT2D eigenvalue weighted by molar-refractivity contribution is -0.120. The van der Waals surface area contributed by atoms with E-state index in [0.717, 1.165) is 49.8 Å². The molecule has 31 heavy (non-hydrogen) atoms. The Morgan fingerprint density at radius 2 is 1.84 bits per heavy atom. The number of carbonyl (C=O) groups excluding carboxylic acids is 1. The van der Waals surface area contributed by atoms with Crippen LogP contribution in [0.2, 0.25) is 0 Å². The molecule has 3 heterocycles. The first-order valence-corrected chi connectivity index (χ1v) is 10.9. The van der Waals surface area contributed by atoms with Crippen molar-refractivity contribution in [3.8, 4) is 5.82 Å². The summed E-state index contributed by atoms with van der Waals surface area (Å²) in [6.07, 6.45) is 7.06. The molecule has 162 valence electrons. The first kappa shape index (κ1) is 20.8. The number of benzene rings is 1. The molecule has 0 saturated carbocycles. The van der Waals surface area contributed by atoms with Crippen molar-refractivity contribution in [1.82, 2.24) is 19.7 Å². The van der Waals surface area contributed by atoms with Gasteiger partial charge in [-0.05, 0) is 63.1 Å². The van der Waals surface area contributed by atoms with Crippen LogP contribution in [0.3, 0.4) is 0 Å². The summed E-state index contributed by atoms with van der Waals surface area (Å²) in [6, 6.07) is 12.0. The third-order valence-corrected chi connectivity index (χ3v) is 5.78. The Bertz CT molecular complexity index is 966. The standard InChI is InChI=1S/C23H29N7O/c1-3-28(4-2)20-9-7-19(8-10-20)25-23(31)18-6-5-14-29(16-18)21-11-12-22(27-26-21)30-15-13-24-17-30/h7-13,15,17-18H,3-6,14,16H2,1-2H3,(H,25,31). The van der Waals surface area contributed by atoms with E-state index < -0.39 is 0 Å². The van der Waals surface area contributed by atoms with Crippen LogP contribution in [0.1, 0.15) is 26.7 Å². The fourth-order valence-electron chi connectivity index (χ4n) is 4.01. The molecule has 0 bridgehead atoms. The fraction of sp³-hybridized carbons (Fsp3) is 0.391. The number of hydrogen-bond donors (Lipinski definition) is 1. The van der Waals surface area contributed by atoms with Crippen LogP contribution < -0.4 is 15.1 Å². The Morgan fingerprint density at radius 1 is 1.10 bits per heavy atom. The van der Waals surface area contributed by atoms with E-state index in [1.807, 2.05) is 35.0 Å². The predicted octanol–water partition coefficient (Wildman–Crippen LogP) is 3.36. The van der Waals surface area contributed by atoms with Crippen LogP contribution in [-0.4, -0.2) is 51.8 Å². The third kappa shape index (κ3) is 4.84. The number of carbonyl (C=O) groups is 1. The molecule has 8 heteroatoms. The summed E-state index contributed by atoms with van der Waals surface area (Å²) in [5.74, 6) is 1.50. The van der Waals surface area contributed by atoms with Gasteiger partial charge in [-0.1, -0.05) is 0 Å². The zero-order chi connectivity index (χ0) is 21.6. The average Bonchev–Trinajstić information content (AvgIpc) is 3.36. The van der Waals surface area contributed by atoms with Crippen LogP contribution in [0.5, 0.6) is 0 Å². The Kier molecular flexibility index (Phi) is 6.45. The van der Waals surface area contributed by atoms with Gasteiger partial charge in [0.25, 0.3) is 0 Å². The maximum absolute atomic E-state index is 12.9. The quantitative estimate of drug-likeness (QED) is 0.633. The molecule has 1 fully saturated rings. The second-order valence-corrected chi connectivity index (χ2v) is 7.71. The molecule has 0 aliphatic carbocycles. The highest BCUT2D eigenvalue weighted by Gasteiger charge is 2.27. The molecule has 1 N–H and O–H groups in total. The van der Waals surface area contributed by atoms with Crippen molar-refractivity contribution < 1.29 is 4.79 Å². The van der Waals surface area contributed by atoms with Crippen molar-refractivity contribution in [1.29, 1.82) is 0 Å². The molecule has 1 atom stereocenters. The number of nitrogens with zero attached hydrogens (tertiary/aromatic N) is 6. The number of aromatic nitrogens is 4. The third-order valence-electron chi connectivity index (χ3n) is 5.78. The zero-order valence-electron chi connectivity index (χ0n) is 18.1. The molecule has 0 spiro atoms. The van der Waals surface area contributed by atoms with E-state index >= 15 is 0 Å². The highest BCUT2D eigenvalue weighted by molar-refractivity contribution is 5.93. The molecular formula is C23H29N7O. The zero-order valence-corrected chi connectivity index (χ0v) is 18.1. The van der Waals surface area contributed by atoms with Gasteiger partial charge in [-0.15, -0.1) is 10.2 Å². The van der Waals surface area contributed by atoms with Gasteiger partial charge in [0.15, 0.2) is 11.6 Å². The van der Waals surface area contributed by atoms with Crippen LogP contribution >= 0.6 is 0 Å². The Labute approximate surface area is 182 Å². The molecule has 0 radical (unpaired) electrons. The van der Waals surface area contributed by atoms with E-state index in [2.05, 4.69) is 56.3 Å². The monoisotopic (exact) mass is 419 g/mol. The molecule has 3 aromatic rings. The van der Waals surface area contributed by atoms with Gasteiger partial charge in [-0.2, -0.15) is 0 Å². The van der Waals surface area contributed by atoms with Gasteiger partial charge in [0.05, 0.1) is 5.92 Å². The second kappa shape index (κ2) is 9.59. The summed E-state index contributed by atoms with van der Waals surface area (Å²) in [5.41, 5.74) is 2.01. The molecule has 1 unspecified atom stereocenters. The van der Waals surface area contributed by atoms with Gasteiger partial charge in [0, 0.05) is 49.9 Å². The van der Waals surface area contributed by atoms with E-state index in [9.17, 15) is 4.79 Å². The minimum absolute atomic E-state index is 0.0586. The van der Waals surface area contributed by atoms with Gasteiger partial charge >= 0.3 is 0 Å². The van der Waals surface area contributed by atoms with Crippen molar-refractivity contribution in [2.24, 2.45) is 5.92 Å². The summed E-state index contributed by atoms with van der Waals surface area (Å²) in [7, 11) is 0. The maximum atomic E-state index is 12.9. The summed E-state index contributed by atoms with van der Waals surface area (Å²) in [5, 5.41) is 11.7. The molecular weight excluding hydrogens is 390 g/mol. The molecule has 1 aliphatic rings. The normalized spacial score (nSPS) is 16.2. The molecule has 1 aliphatic heterocycles. The van der Waals surface area contributed by atoms with Crippen molar-refractivity contribution in [3.63, 3.8) is 0 Å². The number of piperidine rings is 1. The number of anilines is 3. The average molecular weight is 420 g/mol. The lowest BCUT2D eigenvalue weighted by Gasteiger charge is -2.32. The minimum Gasteiger partial charge on any atom is -0.372 e. The maximum Gasteiger partial charge on any atom is 0.229 e. The molecule has 4 rings (SSSR count). The number of nitrogens with one attached hydrogen (secondary N) is 1. The fourth-order valence-corrected chi connectivity index (χ4v) is 4.01. The van der Waals surface area contributed by atoms with Gasteiger partial charge in [0.1, 0.15) is 6.33 Å². The van der Waals surface area contributed by atoms with Crippen molar-refractivity contribution >= 4 is 23.1 Å². The Hall–Kier alpha value is -3.42. The van der Waals surface area contributed by atoms with E-state index in [0.29, 0.717) is 6.54 Å². The van der Waals surface area contributed by atoms with E-state index in [1.54, 1.807) is 12.5 Å². The van der Waals surface area contributed by atoms with Gasteiger partial charge in [-0.25, -0.2) is 4.98 Å². The molecule has 1 saturated heterocycles. The van der Waals surface area contributed by atoms with Gasteiger partial charge in [-0.3, -0.25) is 9.36 Å². The number of rotatable bonds is 7. The number of imidazole rings is 1. The van der Waals surface area contributed by atoms with E-state index in [4.69, 9.17) is 0 Å². The van der Waals surface area contributed by atoms with Crippen molar-refractivity contribution in [2.75, 3.05) is 41.3 Å². The molecule has 2 aromatic heterocycles. The highest BCUT2D eigenvalue weighted by atomic mass is 16.1. The van der Waals surface area contributed by atoms with Gasteiger partial charge in [0.2, 0.25) is 5.91 Å². The largest absolute Gasteiger partial charge is 0.372 e. The lowest BCUT2D eigenvalue weighted by atomic mass is 9.97. The van der Waals surface area contributed by atoms with Crippen molar-refractivity contribution in [2.45, 2.75) is 26.7 Å². The lowest BCUT2D eigenvalue weighted by Crippen LogP contribution is -2.41. The van der Waals surface area contributed by atoms with Crippen LogP contribution in [0, 0.1) is 5.92 Å².